The standard InChI is InChI=1S/C18H22ClN3O3/c1-21(11-13-6-5-7-14(19)10-13)15(23)12-22-16(24)18(20-17(22)25)8-3-2-4-9-18/h5-7,10H,2-4,8-9,11-12H2,1H3,(H,20,25). The maximum absolute atomic E-state index is 12.7. The molecule has 1 saturated heterocycles. The number of nitrogens with one attached hydrogen (secondary N) is 1. The molecule has 4 amide bonds. The SMILES string of the molecule is CN(Cc1cccc(Cl)c1)C(=O)CN1C(=O)NC2(CCCCC2)C1=O. The number of rotatable bonds is 4. The lowest BCUT2D eigenvalue weighted by Crippen LogP contribution is -2.49. The average Bonchev–Trinajstić information content (AvgIpc) is 2.79. The van der Waals surface area contributed by atoms with E-state index >= 15 is 0 Å². The molecular formula is C18H22ClN3O3. The van der Waals surface area contributed by atoms with E-state index in [2.05, 4.69) is 5.32 Å². The number of carbonyl (C=O) groups is 3. The van der Waals surface area contributed by atoms with Gasteiger partial charge < -0.3 is 10.2 Å². The van der Waals surface area contributed by atoms with Crippen molar-refractivity contribution < 1.29 is 14.4 Å². The highest BCUT2D eigenvalue weighted by Crippen LogP contribution is 2.33. The summed E-state index contributed by atoms with van der Waals surface area (Å²) < 4.78 is 0. The van der Waals surface area contributed by atoms with E-state index in [0.29, 0.717) is 24.4 Å². The molecule has 2 fully saturated rings. The lowest BCUT2D eigenvalue weighted by molar-refractivity contribution is -0.139. The lowest BCUT2D eigenvalue weighted by atomic mass is 9.82. The summed E-state index contributed by atoms with van der Waals surface area (Å²) in [4.78, 5) is 40.0. The van der Waals surface area contributed by atoms with E-state index in [4.69, 9.17) is 11.6 Å². The van der Waals surface area contributed by atoms with Crippen molar-refractivity contribution in [2.24, 2.45) is 0 Å². The first-order chi connectivity index (χ1) is 11.9. The highest BCUT2D eigenvalue weighted by atomic mass is 35.5. The van der Waals surface area contributed by atoms with Crippen molar-refractivity contribution in [3.05, 3.63) is 34.9 Å². The first-order valence-corrected chi connectivity index (χ1v) is 8.92. The molecule has 0 unspecified atom stereocenters. The van der Waals surface area contributed by atoms with E-state index in [9.17, 15) is 14.4 Å². The monoisotopic (exact) mass is 363 g/mol. The van der Waals surface area contributed by atoms with Crippen LogP contribution in [0.3, 0.4) is 0 Å². The highest BCUT2D eigenvalue weighted by Gasteiger charge is 2.51. The van der Waals surface area contributed by atoms with E-state index in [-0.39, 0.29) is 18.4 Å². The number of hydrogen-bond donors (Lipinski definition) is 1. The van der Waals surface area contributed by atoms with Gasteiger partial charge in [-0.05, 0) is 30.5 Å². The zero-order chi connectivity index (χ0) is 18.0. The van der Waals surface area contributed by atoms with Crippen LogP contribution in [-0.2, 0) is 16.1 Å². The quantitative estimate of drug-likeness (QED) is 0.836. The van der Waals surface area contributed by atoms with E-state index in [1.165, 1.54) is 4.90 Å². The van der Waals surface area contributed by atoms with Crippen molar-refractivity contribution in [2.75, 3.05) is 13.6 Å². The molecule has 1 heterocycles. The Labute approximate surface area is 152 Å². The van der Waals surface area contributed by atoms with Gasteiger partial charge in [-0.3, -0.25) is 14.5 Å². The largest absolute Gasteiger partial charge is 0.340 e. The van der Waals surface area contributed by atoms with Crippen molar-refractivity contribution in [3.63, 3.8) is 0 Å². The summed E-state index contributed by atoms with van der Waals surface area (Å²) in [7, 11) is 1.65. The molecular weight excluding hydrogens is 342 g/mol. The summed E-state index contributed by atoms with van der Waals surface area (Å²) in [5, 5.41) is 3.42. The smallest absolute Gasteiger partial charge is 0.325 e. The van der Waals surface area contributed by atoms with Crippen LogP contribution in [0.4, 0.5) is 4.79 Å². The van der Waals surface area contributed by atoms with E-state index in [0.717, 1.165) is 29.7 Å². The third-order valence-corrected chi connectivity index (χ3v) is 5.22. The minimum Gasteiger partial charge on any atom is -0.340 e. The molecule has 2 aliphatic rings. The molecule has 0 bridgehead atoms. The molecule has 6 nitrogen and oxygen atoms in total. The van der Waals surface area contributed by atoms with Gasteiger partial charge in [0.05, 0.1) is 0 Å². The summed E-state index contributed by atoms with van der Waals surface area (Å²) in [6.45, 7) is 0.137. The Hall–Kier alpha value is -2.08. The Bertz CT molecular complexity index is 701. The number of imide groups is 1. The topological polar surface area (TPSA) is 69.7 Å². The first kappa shape index (κ1) is 17.7. The van der Waals surface area contributed by atoms with Crippen molar-refractivity contribution in [1.82, 2.24) is 15.1 Å². The Balaban J connectivity index is 1.64. The fraction of sp³-hybridized carbons (Fsp3) is 0.500. The van der Waals surface area contributed by atoms with Gasteiger partial charge in [-0.1, -0.05) is 43.0 Å². The van der Waals surface area contributed by atoms with Crippen LogP contribution in [-0.4, -0.2) is 46.8 Å². The van der Waals surface area contributed by atoms with Gasteiger partial charge in [-0.15, -0.1) is 0 Å². The van der Waals surface area contributed by atoms with Crippen molar-refractivity contribution >= 4 is 29.4 Å². The molecule has 1 aromatic rings. The van der Waals surface area contributed by atoms with Crippen molar-refractivity contribution in [2.45, 2.75) is 44.2 Å². The van der Waals surface area contributed by atoms with Gasteiger partial charge in [0, 0.05) is 18.6 Å². The maximum Gasteiger partial charge on any atom is 0.325 e. The van der Waals surface area contributed by atoms with Crippen LogP contribution < -0.4 is 5.32 Å². The molecule has 0 atom stereocenters. The predicted molar refractivity (Wildman–Crippen MR) is 94.0 cm³/mol. The summed E-state index contributed by atoms with van der Waals surface area (Å²) >= 11 is 5.96. The van der Waals surface area contributed by atoms with Gasteiger partial charge in [0.25, 0.3) is 5.91 Å². The van der Waals surface area contributed by atoms with Gasteiger partial charge in [0.2, 0.25) is 5.91 Å². The minimum absolute atomic E-state index is 0.233. The molecule has 1 aromatic carbocycles. The summed E-state index contributed by atoms with van der Waals surface area (Å²) in [6, 6.07) is 6.79. The van der Waals surface area contributed by atoms with E-state index in [1.807, 2.05) is 12.1 Å². The first-order valence-electron chi connectivity index (χ1n) is 8.54. The van der Waals surface area contributed by atoms with Gasteiger partial charge in [-0.25, -0.2) is 4.79 Å². The predicted octanol–water partition coefficient (Wildman–Crippen LogP) is 2.55. The second-order valence-electron chi connectivity index (χ2n) is 6.84. The number of amides is 4. The fourth-order valence-electron chi connectivity index (χ4n) is 3.57. The molecule has 134 valence electrons. The summed E-state index contributed by atoms with van der Waals surface area (Å²) in [5.41, 5.74) is 0.102. The van der Waals surface area contributed by atoms with E-state index < -0.39 is 11.6 Å². The van der Waals surface area contributed by atoms with Crippen LogP contribution >= 0.6 is 11.6 Å². The van der Waals surface area contributed by atoms with Crippen LogP contribution in [0.2, 0.25) is 5.02 Å². The second-order valence-corrected chi connectivity index (χ2v) is 7.28. The summed E-state index contributed by atoms with van der Waals surface area (Å²) in [5.74, 6) is -0.543. The minimum atomic E-state index is -0.791. The van der Waals surface area contributed by atoms with Crippen LogP contribution in [0, 0.1) is 0 Å². The number of nitrogens with zero attached hydrogens (tertiary/aromatic N) is 2. The van der Waals surface area contributed by atoms with Crippen molar-refractivity contribution in [1.29, 1.82) is 0 Å². The molecule has 1 aliphatic carbocycles. The van der Waals surface area contributed by atoms with Crippen LogP contribution in [0.5, 0.6) is 0 Å². The van der Waals surface area contributed by atoms with Crippen LogP contribution in [0.1, 0.15) is 37.7 Å². The van der Waals surface area contributed by atoms with Gasteiger partial charge in [-0.2, -0.15) is 0 Å². The number of urea groups is 1. The van der Waals surface area contributed by atoms with Gasteiger partial charge >= 0.3 is 6.03 Å². The molecule has 1 saturated carbocycles. The van der Waals surface area contributed by atoms with Gasteiger partial charge in [0.15, 0.2) is 0 Å². The van der Waals surface area contributed by atoms with Gasteiger partial charge in [0.1, 0.15) is 12.1 Å². The van der Waals surface area contributed by atoms with Crippen molar-refractivity contribution in [3.8, 4) is 0 Å². The normalized spacial score (nSPS) is 19.2. The molecule has 1 spiro atoms. The second kappa shape index (κ2) is 7.04. The molecule has 7 heteroatoms. The number of benzene rings is 1. The molecule has 0 radical (unpaired) electrons. The third-order valence-electron chi connectivity index (χ3n) is 4.98. The zero-order valence-corrected chi connectivity index (χ0v) is 15.0. The molecule has 1 aliphatic heterocycles. The lowest BCUT2D eigenvalue weighted by Gasteiger charge is -2.30. The molecule has 1 N–H and O–H groups in total. The average molecular weight is 364 g/mol. The fourth-order valence-corrected chi connectivity index (χ4v) is 3.78. The zero-order valence-electron chi connectivity index (χ0n) is 14.3. The Morgan fingerprint density at radius 3 is 2.68 bits per heavy atom. The summed E-state index contributed by atoms with van der Waals surface area (Å²) in [6.07, 6.45) is 4.22. The molecule has 0 aromatic heterocycles. The third kappa shape index (κ3) is 3.63. The Morgan fingerprint density at radius 1 is 1.28 bits per heavy atom. The Kier molecular flexibility index (Phi) is 4.99. The number of halogens is 1. The highest BCUT2D eigenvalue weighted by molar-refractivity contribution is 6.30. The number of likely N-dealkylation sites (N-methyl/N-ethyl adjacent to an activating group) is 1. The number of hydrogen-bond acceptors (Lipinski definition) is 3. The molecule has 3 rings (SSSR count). The van der Waals surface area contributed by atoms with Crippen LogP contribution in [0.25, 0.3) is 0 Å². The van der Waals surface area contributed by atoms with E-state index in [1.54, 1.807) is 19.2 Å². The molecule has 25 heavy (non-hydrogen) atoms. The maximum atomic E-state index is 12.7. The number of carbonyl (C=O) groups excluding carboxylic acids is 3. The Morgan fingerprint density at radius 2 is 2.00 bits per heavy atom. The van der Waals surface area contributed by atoms with Crippen LogP contribution in [0.15, 0.2) is 24.3 Å².